The van der Waals surface area contributed by atoms with Gasteiger partial charge in [-0.1, -0.05) is 12.1 Å². The molecule has 1 N–H and O–H groups in total. The molecule has 2 rings (SSSR count). The molecule has 1 atom stereocenters. The van der Waals surface area contributed by atoms with Crippen molar-refractivity contribution in [3.8, 4) is 0 Å². The molecule has 1 heterocycles. The zero-order chi connectivity index (χ0) is 21.1. The number of amides is 2. The van der Waals surface area contributed by atoms with Gasteiger partial charge in [0, 0.05) is 31.9 Å². The Morgan fingerprint density at radius 1 is 1.04 bits per heavy atom. The predicted molar refractivity (Wildman–Crippen MR) is 99.1 cm³/mol. The van der Waals surface area contributed by atoms with Crippen LogP contribution >= 0.6 is 0 Å². The van der Waals surface area contributed by atoms with Crippen LogP contribution in [-0.2, 0) is 9.53 Å². The summed E-state index contributed by atoms with van der Waals surface area (Å²) in [5.74, 6) is -1.96. The van der Waals surface area contributed by atoms with E-state index >= 15 is 0 Å². The maximum absolute atomic E-state index is 12.4. The first-order valence-electron chi connectivity index (χ1n) is 9.07. The molecule has 1 aliphatic heterocycles. The number of ether oxygens (including phenoxy) is 1. The molecule has 0 unspecified atom stereocenters. The molecule has 0 radical (unpaired) electrons. The minimum absolute atomic E-state index is 0.336. The van der Waals surface area contributed by atoms with Gasteiger partial charge >= 0.3 is 18.2 Å². The van der Waals surface area contributed by atoms with Gasteiger partial charge in [0.2, 0.25) is 0 Å². The summed E-state index contributed by atoms with van der Waals surface area (Å²) in [6.45, 7) is 9.25. The van der Waals surface area contributed by atoms with Crippen LogP contribution in [0.1, 0.15) is 39.3 Å². The molecule has 2 amide bonds. The summed E-state index contributed by atoms with van der Waals surface area (Å²) in [5, 5.41) is 1.94. The Labute approximate surface area is 162 Å². The second-order valence-electron chi connectivity index (χ2n) is 7.74. The van der Waals surface area contributed by atoms with E-state index in [0.717, 1.165) is 5.69 Å². The maximum atomic E-state index is 12.4. The van der Waals surface area contributed by atoms with Gasteiger partial charge in [0.1, 0.15) is 5.60 Å². The van der Waals surface area contributed by atoms with Gasteiger partial charge in [-0.05, 0) is 45.4 Å². The van der Waals surface area contributed by atoms with Crippen LogP contribution in [0.5, 0.6) is 0 Å². The first kappa shape index (κ1) is 21.8. The van der Waals surface area contributed by atoms with Crippen LogP contribution in [0.4, 0.5) is 23.7 Å². The quantitative estimate of drug-likeness (QED) is 0.842. The Kier molecular flexibility index (Phi) is 6.46. The van der Waals surface area contributed by atoms with E-state index in [2.05, 4.69) is 4.90 Å². The number of nitrogens with one attached hydrogen (secondary N) is 1. The Balaban J connectivity index is 1.91. The van der Waals surface area contributed by atoms with Gasteiger partial charge in [-0.3, -0.25) is 4.79 Å². The van der Waals surface area contributed by atoms with Crippen LogP contribution in [0.2, 0.25) is 0 Å². The molecule has 156 valence electrons. The Morgan fingerprint density at radius 2 is 1.57 bits per heavy atom. The Morgan fingerprint density at radius 3 is 2.04 bits per heavy atom. The van der Waals surface area contributed by atoms with Gasteiger partial charge in [-0.25, -0.2) is 4.79 Å². The van der Waals surface area contributed by atoms with Crippen molar-refractivity contribution in [1.29, 1.82) is 0 Å². The molecule has 0 saturated carbocycles. The third-order valence-corrected chi connectivity index (χ3v) is 4.29. The van der Waals surface area contributed by atoms with Crippen LogP contribution < -0.4 is 10.2 Å². The van der Waals surface area contributed by atoms with E-state index < -0.39 is 23.7 Å². The Bertz CT molecular complexity index is 691. The topological polar surface area (TPSA) is 61.9 Å². The molecular formula is C19H26F3N3O3. The molecule has 1 aromatic carbocycles. The summed E-state index contributed by atoms with van der Waals surface area (Å²) in [5.41, 5.74) is 0.943. The molecule has 0 aromatic heterocycles. The number of nitrogens with zero attached hydrogens (tertiary/aromatic N) is 2. The highest BCUT2D eigenvalue weighted by Gasteiger charge is 2.39. The fourth-order valence-electron chi connectivity index (χ4n) is 2.81. The van der Waals surface area contributed by atoms with Crippen LogP contribution in [0, 0.1) is 0 Å². The molecule has 1 fully saturated rings. The maximum Gasteiger partial charge on any atom is 0.471 e. The van der Waals surface area contributed by atoms with E-state index in [-0.39, 0.29) is 6.09 Å². The number of carbonyl (C=O) groups excluding carboxylic acids is 2. The van der Waals surface area contributed by atoms with Crippen molar-refractivity contribution < 1.29 is 27.5 Å². The van der Waals surface area contributed by atoms with E-state index in [9.17, 15) is 22.8 Å². The lowest BCUT2D eigenvalue weighted by Crippen LogP contribution is -2.50. The van der Waals surface area contributed by atoms with Crippen molar-refractivity contribution >= 4 is 17.7 Å². The molecule has 1 aliphatic rings. The summed E-state index contributed by atoms with van der Waals surface area (Å²) in [6, 6.07) is 6.23. The molecule has 1 saturated heterocycles. The van der Waals surface area contributed by atoms with Gasteiger partial charge in [-0.15, -0.1) is 0 Å². The largest absolute Gasteiger partial charge is 0.471 e. The van der Waals surface area contributed by atoms with Crippen molar-refractivity contribution in [3.63, 3.8) is 0 Å². The molecule has 0 bridgehead atoms. The average Bonchev–Trinajstić information content (AvgIpc) is 2.59. The molecule has 1 aromatic rings. The lowest BCUT2D eigenvalue weighted by molar-refractivity contribution is -0.174. The van der Waals surface area contributed by atoms with Crippen molar-refractivity contribution in [1.82, 2.24) is 10.2 Å². The first-order valence-corrected chi connectivity index (χ1v) is 9.07. The highest BCUT2D eigenvalue weighted by molar-refractivity contribution is 5.82. The number of anilines is 1. The van der Waals surface area contributed by atoms with E-state index in [1.807, 2.05) is 26.1 Å². The summed E-state index contributed by atoms with van der Waals surface area (Å²) < 4.78 is 42.4. The van der Waals surface area contributed by atoms with Gasteiger partial charge in [0.25, 0.3) is 0 Å². The number of piperazine rings is 1. The van der Waals surface area contributed by atoms with Gasteiger partial charge in [0.05, 0.1) is 6.04 Å². The third kappa shape index (κ3) is 6.03. The number of benzene rings is 1. The fourth-order valence-corrected chi connectivity index (χ4v) is 2.81. The number of rotatable bonds is 3. The summed E-state index contributed by atoms with van der Waals surface area (Å²) >= 11 is 0. The predicted octanol–water partition coefficient (Wildman–Crippen LogP) is 3.48. The highest BCUT2D eigenvalue weighted by atomic mass is 19.4. The lowest BCUT2D eigenvalue weighted by Gasteiger charge is -2.36. The van der Waals surface area contributed by atoms with Gasteiger partial charge < -0.3 is 19.9 Å². The zero-order valence-electron chi connectivity index (χ0n) is 16.5. The van der Waals surface area contributed by atoms with Crippen molar-refractivity contribution in [2.45, 2.75) is 45.5 Å². The van der Waals surface area contributed by atoms with E-state index in [4.69, 9.17) is 4.74 Å². The number of carbonyl (C=O) groups is 2. The average molecular weight is 401 g/mol. The van der Waals surface area contributed by atoms with E-state index in [1.54, 1.807) is 29.2 Å². The van der Waals surface area contributed by atoms with Crippen molar-refractivity contribution in [2.75, 3.05) is 31.1 Å². The number of alkyl halides is 3. The first-order chi connectivity index (χ1) is 12.9. The monoisotopic (exact) mass is 401 g/mol. The van der Waals surface area contributed by atoms with Gasteiger partial charge in [0.15, 0.2) is 0 Å². The summed E-state index contributed by atoms with van der Waals surface area (Å²) in [6.07, 6.45) is -5.24. The number of halogens is 3. The fraction of sp³-hybridized carbons (Fsp3) is 0.579. The molecule has 9 heteroatoms. The Hall–Kier alpha value is -2.45. The van der Waals surface area contributed by atoms with Crippen molar-refractivity contribution in [2.24, 2.45) is 0 Å². The summed E-state index contributed by atoms with van der Waals surface area (Å²) in [4.78, 5) is 26.9. The zero-order valence-corrected chi connectivity index (χ0v) is 16.5. The van der Waals surface area contributed by atoms with E-state index in [1.165, 1.54) is 6.92 Å². The molecule has 0 aliphatic carbocycles. The minimum atomic E-state index is -4.90. The lowest BCUT2D eigenvalue weighted by atomic mass is 10.1. The highest BCUT2D eigenvalue weighted by Crippen LogP contribution is 2.23. The molecule has 6 nitrogen and oxygen atoms in total. The van der Waals surface area contributed by atoms with E-state index in [0.29, 0.717) is 31.7 Å². The SMILES string of the molecule is C[C@@H](NC(=O)C(F)(F)F)c1ccc(N2CCN(C(=O)OC(C)(C)C)CC2)cc1. The molecular weight excluding hydrogens is 375 g/mol. The van der Waals surface area contributed by atoms with Crippen molar-refractivity contribution in [3.05, 3.63) is 29.8 Å². The second-order valence-corrected chi connectivity index (χ2v) is 7.74. The minimum Gasteiger partial charge on any atom is -0.444 e. The van der Waals surface area contributed by atoms with Crippen LogP contribution in [0.25, 0.3) is 0 Å². The number of hydrogen-bond acceptors (Lipinski definition) is 4. The smallest absolute Gasteiger partial charge is 0.444 e. The third-order valence-electron chi connectivity index (χ3n) is 4.29. The second kappa shape index (κ2) is 8.28. The summed E-state index contributed by atoms with van der Waals surface area (Å²) in [7, 11) is 0. The van der Waals surface area contributed by atoms with Crippen LogP contribution in [0.3, 0.4) is 0 Å². The van der Waals surface area contributed by atoms with Crippen LogP contribution in [0.15, 0.2) is 24.3 Å². The van der Waals surface area contributed by atoms with Crippen LogP contribution in [-0.4, -0.2) is 54.9 Å². The number of hydrogen-bond donors (Lipinski definition) is 1. The van der Waals surface area contributed by atoms with Gasteiger partial charge in [-0.2, -0.15) is 13.2 Å². The molecule has 28 heavy (non-hydrogen) atoms. The standard InChI is InChI=1S/C19H26F3N3O3/c1-13(23-16(26)19(20,21)22)14-5-7-15(8-6-14)24-9-11-25(12-10-24)17(27)28-18(2,3)4/h5-8,13H,9-12H2,1-4H3,(H,23,26)/t13-/m1/s1. The normalized spacial score (nSPS) is 16.5. The molecule has 0 spiro atoms.